The fourth-order valence-corrected chi connectivity index (χ4v) is 4.97. The predicted molar refractivity (Wildman–Crippen MR) is 152 cm³/mol. The number of hydrogen-bond acceptors (Lipinski definition) is 8. The van der Waals surface area contributed by atoms with Crippen LogP contribution in [0.25, 0.3) is 0 Å². The Balaban J connectivity index is 1.69. The van der Waals surface area contributed by atoms with Gasteiger partial charge in [0.25, 0.3) is 0 Å². The van der Waals surface area contributed by atoms with E-state index in [1.54, 1.807) is 18.2 Å². The molecule has 2 atom stereocenters. The van der Waals surface area contributed by atoms with Gasteiger partial charge in [-0.25, -0.2) is 0 Å². The lowest BCUT2D eigenvalue weighted by atomic mass is 9.85. The third-order valence-electron chi connectivity index (χ3n) is 7.19. The van der Waals surface area contributed by atoms with E-state index in [0.29, 0.717) is 72.8 Å². The summed E-state index contributed by atoms with van der Waals surface area (Å²) < 4.78 is 18.5. The summed E-state index contributed by atoms with van der Waals surface area (Å²) in [5.74, 6) is 1.21. The number of phenols is 1. The molecule has 218 valence electrons. The maximum absolute atomic E-state index is 13.0. The Bertz CT molecular complexity index is 1230. The monoisotopic (exact) mass is 554 g/mol. The zero-order chi connectivity index (χ0) is 29.4. The van der Waals surface area contributed by atoms with Gasteiger partial charge in [-0.05, 0) is 64.3 Å². The molecule has 2 aromatic rings. The van der Waals surface area contributed by atoms with Crippen molar-refractivity contribution in [1.82, 2.24) is 0 Å². The van der Waals surface area contributed by atoms with Crippen LogP contribution >= 0.6 is 0 Å². The number of fused-ring (bicyclic) bond motifs is 1. The third kappa shape index (κ3) is 7.42. The van der Waals surface area contributed by atoms with E-state index in [0.717, 1.165) is 18.4 Å². The number of phenolic OH excluding ortho intramolecular Hbond substituents is 1. The van der Waals surface area contributed by atoms with Gasteiger partial charge in [0.15, 0.2) is 17.3 Å². The molecular weight excluding hydrogens is 512 g/mol. The average molecular weight is 555 g/mol. The minimum atomic E-state index is -1.04. The van der Waals surface area contributed by atoms with Crippen molar-refractivity contribution < 1.29 is 38.8 Å². The molecule has 0 aliphatic carbocycles. The molecule has 1 heterocycles. The maximum atomic E-state index is 13.0. The smallest absolute Gasteiger partial charge is 0.170 e. The number of carbonyl (C=O) groups excluding carboxylic acids is 3. The zero-order valence-electron chi connectivity index (χ0n) is 24.3. The van der Waals surface area contributed by atoms with Gasteiger partial charge in [0, 0.05) is 24.0 Å². The van der Waals surface area contributed by atoms with Crippen LogP contribution in [-0.2, 0) is 17.6 Å². The molecule has 0 saturated heterocycles. The number of aromatic hydroxyl groups is 1. The van der Waals surface area contributed by atoms with Gasteiger partial charge in [-0.3, -0.25) is 14.4 Å². The van der Waals surface area contributed by atoms with Crippen LogP contribution in [0.15, 0.2) is 24.3 Å². The summed E-state index contributed by atoms with van der Waals surface area (Å²) in [6, 6.07) is 6.86. The van der Waals surface area contributed by atoms with Crippen LogP contribution in [0.5, 0.6) is 23.0 Å². The van der Waals surface area contributed by atoms with E-state index < -0.39 is 11.7 Å². The molecule has 2 unspecified atom stereocenters. The van der Waals surface area contributed by atoms with Crippen molar-refractivity contribution in [3.8, 4) is 23.0 Å². The van der Waals surface area contributed by atoms with Gasteiger partial charge in [-0.15, -0.1) is 0 Å². The Labute approximate surface area is 236 Å². The highest BCUT2D eigenvalue weighted by molar-refractivity contribution is 6.01. The van der Waals surface area contributed by atoms with E-state index in [4.69, 9.17) is 14.2 Å². The van der Waals surface area contributed by atoms with Crippen molar-refractivity contribution in [3.05, 3.63) is 46.5 Å². The van der Waals surface area contributed by atoms with Gasteiger partial charge in [-0.2, -0.15) is 0 Å². The minimum absolute atomic E-state index is 0.0156. The van der Waals surface area contributed by atoms with Crippen molar-refractivity contribution in [1.29, 1.82) is 0 Å². The summed E-state index contributed by atoms with van der Waals surface area (Å²) >= 11 is 0. The zero-order valence-corrected chi connectivity index (χ0v) is 24.3. The van der Waals surface area contributed by atoms with Crippen LogP contribution in [0.4, 0.5) is 0 Å². The third-order valence-corrected chi connectivity index (χ3v) is 7.19. The van der Waals surface area contributed by atoms with E-state index >= 15 is 0 Å². The van der Waals surface area contributed by atoms with Gasteiger partial charge < -0.3 is 24.4 Å². The van der Waals surface area contributed by atoms with Gasteiger partial charge in [0.1, 0.15) is 34.7 Å². The number of aliphatic hydroxyl groups excluding tert-OH is 1. The van der Waals surface area contributed by atoms with Crippen LogP contribution in [0.1, 0.15) is 105 Å². The van der Waals surface area contributed by atoms with E-state index in [2.05, 4.69) is 0 Å². The fourth-order valence-electron chi connectivity index (χ4n) is 4.97. The predicted octanol–water partition coefficient (Wildman–Crippen LogP) is 5.80. The molecule has 0 amide bonds. The Hall–Kier alpha value is -3.39. The minimum Gasteiger partial charge on any atom is -0.507 e. The lowest BCUT2D eigenvalue weighted by molar-refractivity contribution is -0.127. The van der Waals surface area contributed by atoms with Crippen LogP contribution in [0, 0.1) is 0 Å². The van der Waals surface area contributed by atoms with Crippen LogP contribution in [0.2, 0.25) is 0 Å². The molecule has 1 aliphatic heterocycles. The first-order chi connectivity index (χ1) is 19.0. The summed E-state index contributed by atoms with van der Waals surface area (Å²) in [6.45, 7) is 9.46. The first kappa shape index (κ1) is 31.1. The highest BCUT2D eigenvalue weighted by atomic mass is 16.5. The Morgan fingerprint density at radius 1 is 1.02 bits per heavy atom. The highest BCUT2D eigenvalue weighted by Crippen LogP contribution is 2.42. The summed E-state index contributed by atoms with van der Waals surface area (Å²) in [6.07, 6.45) is 3.04. The Morgan fingerprint density at radius 2 is 1.62 bits per heavy atom. The van der Waals surface area contributed by atoms with Crippen LogP contribution in [-0.4, -0.2) is 52.5 Å². The first-order valence-corrected chi connectivity index (χ1v) is 14.2. The topological polar surface area (TPSA) is 119 Å². The fraction of sp³-hybridized carbons (Fsp3) is 0.531. The van der Waals surface area contributed by atoms with Crippen LogP contribution in [0.3, 0.4) is 0 Å². The second-order valence-corrected chi connectivity index (χ2v) is 10.8. The summed E-state index contributed by atoms with van der Waals surface area (Å²) in [5, 5.41) is 20.1. The van der Waals surface area contributed by atoms with Crippen molar-refractivity contribution in [2.75, 3.05) is 13.2 Å². The average Bonchev–Trinajstić information content (AvgIpc) is 2.89. The molecule has 8 nitrogen and oxygen atoms in total. The second kappa shape index (κ2) is 13.8. The number of ketones is 3. The molecule has 2 aromatic carbocycles. The molecule has 0 bridgehead atoms. The summed E-state index contributed by atoms with van der Waals surface area (Å²) in [7, 11) is 0. The molecule has 0 fully saturated rings. The summed E-state index contributed by atoms with van der Waals surface area (Å²) in [4.78, 5) is 36.8. The molecule has 3 rings (SSSR count). The van der Waals surface area contributed by atoms with E-state index in [1.165, 1.54) is 13.8 Å². The SMILES string of the molecule is CCCc1c(OCCCOc2ccc3c(c2CCC)OC(C)(CCC(=O)C(C)O)CC3=O)ccc(C(C)=O)c1O. The Morgan fingerprint density at radius 3 is 2.23 bits per heavy atom. The molecule has 8 heteroatoms. The molecule has 0 aromatic heterocycles. The quantitative estimate of drug-likeness (QED) is 0.209. The van der Waals surface area contributed by atoms with Gasteiger partial charge in [0.05, 0.1) is 30.8 Å². The normalized spacial score (nSPS) is 17.1. The molecular formula is C32H42O8. The standard InChI is InChI=1S/C32H42O8/c1-6-9-24-28(13-11-22(20(3)33)30(24)37)38-17-8-18-39-29-14-12-23-27(36)19-32(5,16-15-26(35)21(4)34)40-31(23)25(29)10-7-2/h11-14,21,34,37H,6-10,15-19H2,1-5H3. The van der Waals surface area contributed by atoms with Gasteiger partial charge >= 0.3 is 0 Å². The largest absolute Gasteiger partial charge is 0.507 e. The van der Waals surface area contributed by atoms with Crippen LogP contribution < -0.4 is 14.2 Å². The van der Waals surface area contributed by atoms with E-state index in [1.807, 2.05) is 26.8 Å². The molecule has 40 heavy (non-hydrogen) atoms. The molecule has 1 aliphatic rings. The maximum Gasteiger partial charge on any atom is 0.170 e. The van der Waals surface area contributed by atoms with E-state index in [-0.39, 0.29) is 35.9 Å². The second-order valence-electron chi connectivity index (χ2n) is 10.8. The number of benzene rings is 2. The number of ether oxygens (including phenoxy) is 3. The lowest BCUT2D eigenvalue weighted by Crippen LogP contribution is -2.40. The number of aliphatic hydroxyl groups is 1. The van der Waals surface area contributed by atoms with Crippen molar-refractivity contribution in [2.45, 2.75) is 97.7 Å². The lowest BCUT2D eigenvalue weighted by Gasteiger charge is -2.36. The van der Waals surface area contributed by atoms with E-state index in [9.17, 15) is 24.6 Å². The summed E-state index contributed by atoms with van der Waals surface area (Å²) in [5.41, 5.74) is 1.44. The molecule has 0 saturated carbocycles. The number of hydrogen-bond donors (Lipinski definition) is 2. The highest BCUT2D eigenvalue weighted by Gasteiger charge is 2.38. The Kier molecular flexibility index (Phi) is 10.7. The number of rotatable bonds is 15. The van der Waals surface area contributed by atoms with Crippen molar-refractivity contribution >= 4 is 17.3 Å². The van der Waals surface area contributed by atoms with Crippen molar-refractivity contribution in [3.63, 3.8) is 0 Å². The number of carbonyl (C=O) groups is 3. The molecule has 2 N–H and O–H groups in total. The van der Waals surface area contributed by atoms with Crippen molar-refractivity contribution in [2.24, 2.45) is 0 Å². The van der Waals surface area contributed by atoms with Gasteiger partial charge in [0.2, 0.25) is 0 Å². The van der Waals surface area contributed by atoms with Gasteiger partial charge in [-0.1, -0.05) is 26.7 Å². The first-order valence-electron chi connectivity index (χ1n) is 14.2. The molecule has 0 radical (unpaired) electrons. The number of Topliss-reactive ketones (excluding diaryl/α,β-unsaturated/α-hetero) is 3. The molecule has 0 spiro atoms.